The van der Waals surface area contributed by atoms with Gasteiger partial charge in [0.25, 0.3) is 0 Å². The van der Waals surface area contributed by atoms with E-state index in [1.54, 1.807) is 0 Å². The van der Waals surface area contributed by atoms with E-state index in [0.29, 0.717) is 24.7 Å². The summed E-state index contributed by atoms with van der Waals surface area (Å²) in [6.45, 7) is 12.3. The van der Waals surface area contributed by atoms with Crippen LogP contribution in [0.3, 0.4) is 0 Å². The molecule has 46 heavy (non-hydrogen) atoms. The van der Waals surface area contributed by atoms with Gasteiger partial charge in [-0.05, 0) is 96.3 Å². The van der Waals surface area contributed by atoms with Gasteiger partial charge in [0, 0.05) is 12.8 Å². The second-order valence-electron chi connectivity index (χ2n) is 14.8. The van der Waals surface area contributed by atoms with Crippen molar-refractivity contribution in [2.45, 2.75) is 208 Å². The van der Waals surface area contributed by atoms with Crippen LogP contribution in [0.5, 0.6) is 0 Å². The second-order valence-corrected chi connectivity index (χ2v) is 14.8. The van der Waals surface area contributed by atoms with E-state index >= 15 is 0 Å². The van der Waals surface area contributed by atoms with Crippen LogP contribution in [0.4, 0.5) is 0 Å². The van der Waals surface area contributed by atoms with Crippen molar-refractivity contribution >= 4 is 11.9 Å². The summed E-state index contributed by atoms with van der Waals surface area (Å²) in [5, 5.41) is 0. The maximum absolute atomic E-state index is 11.8. The van der Waals surface area contributed by atoms with E-state index in [9.17, 15) is 9.59 Å². The zero-order valence-electron chi connectivity index (χ0n) is 31.4. The number of hydrogen-bond donors (Lipinski definition) is 0. The fourth-order valence-corrected chi connectivity index (χ4v) is 7.20. The Morgan fingerprint density at radius 3 is 1.54 bits per heavy atom. The highest BCUT2D eigenvalue weighted by Gasteiger charge is 2.33. The van der Waals surface area contributed by atoms with Gasteiger partial charge in [-0.1, -0.05) is 134 Å². The molecule has 0 amide bonds. The smallest absolute Gasteiger partial charge is 0.306 e. The van der Waals surface area contributed by atoms with E-state index in [1.165, 1.54) is 116 Å². The summed E-state index contributed by atoms with van der Waals surface area (Å²) in [7, 11) is 0. The van der Waals surface area contributed by atoms with Crippen molar-refractivity contribution in [1.29, 1.82) is 0 Å². The lowest BCUT2D eigenvalue weighted by Crippen LogP contribution is -2.30. The van der Waals surface area contributed by atoms with Crippen molar-refractivity contribution < 1.29 is 19.1 Å². The fourth-order valence-electron chi connectivity index (χ4n) is 7.20. The molecule has 0 bridgehead atoms. The zero-order chi connectivity index (χ0) is 33.8. The van der Waals surface area contributed by atoms with E-state index in [0.717, 1.165) is 37.5 Å². The topological polar surface area (TPSA) is 52.6 Å². The fraction of sp³-hybridized carbons (Fsp3) is 0.857. The van der Waals surface area contributed by atoms with Crippen molar-refractivity contribution in [2.24, 2.45) is 23.7 Å². The Hall–Kier alpha value is -1.58. The summed E-state index contributed by atoms with van der Waals surface area (Å²) < 4.78 is 10.5. The molecule has 0 aliphatic heterocycles. The van der Waals surface area contributed by atoms with Crippen LogP contribution in [0.15, 0.2) is 24.3 Å². The molecule has 4 heteroatoms. The first-order valence-corrected chi connectivity index (χ1v) is 20.0. The van der Waals surface area contributed by atoms with Crippen LogP contribution in [0.25, 0.3) is 0 Å². The first kappa shape index (κ1) is 42.4. The molecule has 1 rings (SSSR count). The SMILES string of the molecule is CCCCCCC1C=CC(CCCCCCCC(=O)OC(C)C)C(/C=C/CCCCCCCC(=O)OC(C)C)C1CCCCCC. The standard InChI is InChI=1S/C42H76O4/c1-7-9-11-21-27-37-33-34-38(28-22-17-16-20-26-32-42(44)46-36(5)6)40(39(37)29-23-12-10-8-2)30-24-18-14-13-15-19-25-31-41(43)45-35(3)4/h24,30,33-40H,7-23,25-29,31-32H2,1-6H3/b30-24+. The van der Waals surface area contributed by atoms with Gasteiger partial charge in [-0.3, -0.25) is 9.59 Å². The minimum atomic E-state index is -0.0503. The maximum Gasteiger partial charge on any atom is 0.306 e. The normalized spacial score (nSPS) is 19.8. The lowest BCUT2D eigenvalue weighted by molar-refractivity contribution is -0.148. The van der Waals surface area contributed by atoms with Gasteiger partial charge in [0.2, 0.25) is 0 Å². The number of unbranched alkanes of at least 4 members (excludes halogenated alkanes) is 15. The van der Waals surface area contributed by atoms with Crippen molar-refractivity contribution in [2.75, 3.05) is 0 Å². The average molecular weight is 645 g/mol. The van der Waals surface area contributed by atoms with Crippen molar-refractivity contribution in [3.8, 4) is 0 Å². The number of ether oxygens (including phenoxy) is 2. The number of rotatable bonds is 29. The molecule has 1 aliphatic carbocycles. The Labute approximate surface area is 286 Å². The summed E-state index contributed by atoms with van der Waals surface area (Å²) in [6, 6.07) is 0. The van der Waals surface area contributed by atoms with E-state index in [4.69, 9.17) is 9.47 Å². The molecule has 4 nitrogen and oxygen atoms in total. The summed E-state index contributed by atoms with van der Waals surface area (Å²) >= 11 is 0. The Balaban J connectivity index is 2.69. The molecule has 0 aromatic heterocycles. The first-order chi connectivity index (χ1) is 22.3. The number of carbonyl (C=O) groups is 2. The zero-order valence-corrected chi connectivity index (χ0v) is 31.4. The van der Waals surface area contributed by atoms with Crippen LogP contribution in [-0.2, 0) is 19.1 Å². The van der Waals surface area contributed by atoms with E-state index in [1.807, 2.05) is 27.7 Å². The van der Waals surface area contributed by atoms with Gasteiger partial charge >= 0.3 is 11.9 Å². The molecule has 0 fully saturated rings. The molecule has 0 radical (unpaired) electrons. The van der Waals surface area contributed by atoms with Gasteiger partial charge < -0.3 is 9.47 Å². The van der Waals surface area contributed by atoms with Crippen molar-refractivity contribution in [1.82, 2.24) is 0 Å². The van der Waals surface area contributed by atoms with Gasteiger partial charge in [0.15, 0.2) is 0 Å². The number of allylic oxidation sites excluding steroid dienone is 4. The molecule has 0 aromatic rings. The highest BCUT2D eigenvalue weighted by Crippen LogP contribution is 2.43. The summed E-state index contributed by atoms with van der Waals surface area (Å²) in [5.41, 5.74) is 0. The molecule has 1 aliphatic rings. The molecule has 4 atom stereocenters. The predicted octanol–water partition coefficient (Wildman–Crippen LogP) is 12.9. The van der Waals surface area contributed by atoms with Crippen LogP contribution in [0.2, 0.25) is 0 Å². The summed E-state index contributed by atoms with van der Waals surface area (Å²) in [5.74, 6) is 2.74. The number of hydrogen-bond acceptors (Lipinski definition) is 4. The molecular formula is C42H76O4. The quantitative estimate of drug-likeness (QED) is 0.0462. The highest BCUT2D eigenvalue weighted by atomic mass is 16.5. The maximum atomic E-state index is 11.8. The molecule has 0 heterocycles. The molecule has 0 saturated carbocycles. The molecule has 0 saturated heterocycles. The lowest BCUT2D eigenvalue weighted by atomic mass is 9.66. The molecule has 4 unspecified atom stereocenters. The van der Waals surface area contributed by atoms with Crippen LogP contribution in [0.1, 0.15) is 196 Å². The van der Waals surface area contributed by atoms with Crippen molar-refractivity contribution in [3.05, 3.63) is 24.3 Å². The first-order valence-electron chi connectivity index (χ1n) is 20.0. The molecular weight excluding hydrogens is 568 g/mol. The van der Waals surface area contributed by atoms with Crippen LogP contribution in [0, 0.1) is 23.7 Å². The minimum Gasteiger partial charge on any atom is -0.463 e. The van der Waals surface area contributed by atoms with Gasteiger partial charge in [-0.2, -0.15) is 0 Å². The van der Waals surface area contributed by atoms with Gasteiger partial charge in [-0.25, -0.2) is 0 Å². The van der Waals surface area contributed by atoms with Gasteiger partial charge in [0.05, 0.1) is 12.2 Å². The van der Waals surface area contributed by atoms with Gasteiger partial charge in [0.1, 0.15) is 0 Å². The number of carbonyl (C=O) groups excluding carboxylic acids is 2. The van der Waals surface area contributed by atoms with Crippen LogP contribution >= 0.6 is 0 Å². The average Bonchev–Trinajstić information content (AvgIpc) is 3.00. The largest absolute Gasteiger partial charge is 0.463 e. The van der Waals surface area contributed by atoms with Gasteiger partial charge in [-0.15, -0.1) is 0 Å². The lowest BCUT2D eigenvalue weighted by Gasteiger charge is -2.39. The third kappa shape index (κ3) is 22.1. The van der Waals surface area contributed by atoms with E-state index < -0.39 is 0 Å². The predicted molar refractivity (Wildman–Crippen MR) is 197 cm³/mol. The second kappa shape index (κ2) is 28.4. The van der Waals surface area contributed by atoms with E-state index in [-0.39, 0.29) is 24.1 Å². The third-order valence-corrected chi connectivity index (χ3v) is 9.69. The molecule has 0 aromatic carbocycles. The number of esters is 2. The Morgan fingerprint density at radius 2 is 1.00 bits per heavy atom. The van der Waals surface area contributed by atoms with Crippen LogP contribution in [-0.4, -0.2) is 24.1 Å². The summed E-state index contributed by atoms with van der Waals surface area (Å²) in [6.07, 6.45) is 39.1. The summed E-state index contributed by atoms with van der Waals surface area (Å²) in [4.78, 5) is 23.6. The third-order valence-electron chi connectivity index (χ3n) is 9.69. The van der Waals surface area contributed by atoms with E-state index in [2.05, 4.69) is 38.2 Å². The van der Waals surface area contributed by atoms with Crippen molar-refractivity contribution in [3.63, 3.8) is 0 Å². The Bertz CT molecular complexity index is 797. The highest BCUT2D eigenvalue weighted by molar-refractivity contribution is 5.69. The molecule has 0 spiro atoms. The Morgan fingerprint density at radius 1 is 0.565 bits per heavy atom. The monoisotopic (exact) mass is 645 g/mol. The molecule has 268 valence electrons. The minimum absolute atomic E-state index is 0.0101. The van der Waals surface area contributed by atoms with Crippen LogP contribution < -0.4 is 0 Å². The molecule has 0 N–H and O–H groups in total. The Kier molecular flexibility index (Phi) is 26.2.